The van der Waals surface area contributed by atoms with Gasteiger partial charge in [0, 0.05) is 58.0 Å². The maximum Gasteiger partial charge on any atom is 0.257 e. The zero-order chi connectivity index (χ0) is 21.8. The van der Waals surface area contributed by atoms with E-state index in [1.165, 1.54) is 31.7 Å². The van der Waals surface area contributed by atoms with E-state index in [2.05, 4.69) is 25.8 Å². The summed E-state index contributed by atoms with van der Waals surface area (Å²) in [6.45, 7) is 0.808. The van der Waals surface area contributed by atoms with Gasteiger partial charge in [-0.3, -0.25) is 9.59 Å². The van der Waals surface area contributed by atoms with E-state index in [-0.39, 0.29) is 11.8 Å². The molecule has 1 atom stereocenters. The molecular weight excluding hydrogens is 396 g/mol. The monoisotopic (exact) mass is 426 g/mol. The smallest absolute Gasteiger partial charge is 0.257 e. The van der Waals surface area contributed by atoms with Crippen LogP contribution in [0, 0.1) is 5.41 Å². The predicted molar refractivity (Wildman–Crippen MR) is 115 cm³/mol. The van der Waals surface area contributed by atoms with Crippen LogP contribution in [0.15, 0.2) is 23.0 Å². The molecule has 1 aliphatic heterocycles. The molecule has 9 nitrogen and oxygen atoms in total. The summed E-state index contributed by atoms with van der Waals surface area (Å²) in [6, 6.07) is 2.01. The fourth-order valence-electron chi connectivity index (χ4n) is 4.81. The number of nitrogens with zero attached hydrogens (tertiary/aromatic N) is 4. The van der Waals surface area contributed by atoms with Crippen molar-refractivity contribution in [2.75, 3.05) is 32.5 Å². The second-order valence-corrected chi connectivity index (χ2v) is 8.61. The van der Waals surface area contributed by atoms with Crippen molar-refractivity contribution in [3.8, 4) is 0 Å². The minimum atomic E-state index is -0.737. The SMILES string of the molecule is CNC(=O)[C@@]1(Cc2cc(C3CCCCC3)no2)CCN(C(=O)c2cnc(NC)nc2)C1. The van der Waals surface area contributed by atoms with Crippen molar-refractivity contribution in [1.29, 1.82) is 0 Å². The number of nitrogens with one attached hydrogen (secondary N) is 2. The van der Waals surface area contributed by atoms with Gasteiger partial charge in [-0.05, 0) is 19.3 Å². The molecule has 0 spiro atoms. The quantitative estimate of drug-likeness (QED) is 0.729. The summed E-state index contributed by atoms with van der Waals surface area (Å²) in [7, 11) is 3.35. The number of hydrogen-bond donors (Lipinski definition) is 2. The molecule has 9 heteroatoms. The first kappa shape index (κ1) is 21.3. The highest BCUT2D eigenvalue weighted by Gasteiger charge is 2.46. The fraction of sp³-hybridized carbons (Fsp3) is 0.591. The summed E-state index contributed by atoms with van der Waals surface area (Å²) >= 11 is 0. The maximum absolute atomic E-state index is 13.0. The van der Waals surface area contributed by atoms with E-state index in [0.29, 0.717) is 49.1 Å². The molecule has 0 unspecified atom stereocenters. The number of rotatable bonds is 6. The van der Waals surface area contributed by atoms with E-state index >= 15 is 0 Å². The molecular formula is C22H30N6O3. The zero-order valence-corrected chi connectivity index (χ0v) is 18.2. The molecule has 2 amide bonds. The van der Waals surface area contributed by atoms with Crippen molar-refractivity contribution in [2.45, 2.75) is 50.9 Å². The Labute approximate surface area is 182 Å². The molecule has 3 heterocycles. The molecule has 2 N–H and O–H groups in total. The standard InChI is InChI=1S/C22H30N6O3/c1-23-20(30)22(11-17-10-18(27-31-17)15-6-4-3-5-7-15)8-9-28(14-22)19(29)16-12-25-21(24-2)26-13-16/h10,12-13,15H,3-9,11,14H2,1-2H3,(H,23,30)(H,24,25,26)/t22-/m1/s1. The van der Waals surface area contributed by atoms with Crippen LogP contribution in [-0.4, -0.2) is 59.0 Å². The Morgan fingerprint density at radius 1 is 1.19 bits per heavy atom. The normalized spacial score (nSPS) is 21.8. The Morgan fingerprint density at radius 3 is 2.61 bits per heavy atom. The van der Waals surface area contributed by atoms with E-state index in [1.807, 2.05) is 6.07 Å². The van der Waals surface area contributed by atoms with Gasteiger partial charge in [0.1, 0.15) is 5.76 Å². The lowest BCUT2D eigenvalue weighted by molar-refractivity contribution is -0.130. The minimum absolute atomic E-state index is 0.0832. The van der Waals surface area contributed by atoms with Crippen molar-refractivity contribution < 1.29 is 14.1 Å². The average Bonchev–Trinajstić information content (AvgIpc) is 3.47. The fourth-order valence-corrected chi connectivity index (χ4v) is 4.81. The number of hydrogen-bond acceptors (Lipinski definition) is 7. The molecule has 31 heavy (non-hydrogen) atoms. The summed E-state index contributed by atoms with van der Waals surface area (Å²) < 4.78 is 5.65. The number of anilines is 1. The molecule has 0 bridgehead atoms. The highest BCUT2D eigenvalue weighted by molar-refractivity contribution is 5.95. The van der Waals surface area contributed by atoms with Gasteiger partial charge in [-0.2, -0.15) is 0 Å². The third kappa shape index (κ3) is 4.40. The van der Waals surface area contributed by atoms with Crippen molar-refractivity contribution in [3.05, 3.63) is 35.5 Å². The third-order valence-electron chi connectivity index (χ3n) is 6.59. The van der Waals surface area contributed by atoms with E-state index in [0.717, 1.165) is 18.5 Å². The summed E-state index contributed by atoms with van der Waals surface area (Å²) in [6.07, 6.45) is 10.0. The highest BCUT2D eigenvalue weighted by atomic mass is 16.5. The maximum atomic E-state index is 13.0. The first-order valence-electron chi connectivity index (χ1n) is 11.0. The minimum Gasteiger partial charge on any atom is -0.361 e. The Balaban J connectivity index is 1.49. The van der Waals surface area contributed by atoms with Crippen LogP contribution in [0.5, 0.6) is 0 Å². The van der Waals surface area contributed by atoms with Crippen LogP contribution >= 0.6 is 0 Å². The van der Waals surface area contributed by atoms with Gasteiger partial charge in [0.05, 0.1) is 16.7 Å². The van der Waals surface area contributed by atoms with Crippen LogP contribution in [0.3, 0.4) is 0 Å². The zero-order valence-electron chi connectivity index (χ0n) is 18.2. The second-order valence-electron chi connectivity index (χ2n) is 8.61. The first-order valence-corrected chi connectivity index (χ1v) is 11.0. The topological polar surface area (TPSA) is 113 Å². The molecule has 2 aromatic rings. The third-order valence-corrected chi connectivity index (χ3v) is 6.59. The van der Waals surface area contributed by atoms with Crippen molar-refractivity contribution >= 4 is 17.8 Å². The molecule has 2 aromatic heterocycles. The number of carbonyl (C=O) groups excluding carboxylic acids is 2. The molecule has 0 aromatic carbocycles. The van der Waals surface area contributed by atoms with Gasteiger partial charge in [0.15, 0.2) is 0 Å². The number of aromatic nitrogens is 3. The van der Waals surface area contributed by atoms with Crippen LogP contribution in [0.4, 0.5) is 5.95 Å². The predicted octanol–water partition coefficient (Wildman–Crippen LogP) is 2.38. The van der Waals surface area contributed by atoms with Gasteiger partial charge in [-0.1, -0.05) is 24.4 Å². The highest BCUT2D eigenvalue weighted by Crippen LogP contribution is 2.37. The second kappa shape index (κ2) is 9.03. The summed E-state index contributed by atoms with van der Waals surface area (Å²) in [4.78, 5) is 35.8. The molecule has 1 saturated carbocycles. The van der Waals surface area contributed by atoms with Gasteiger partial charge in [-0.15, -0.1) is 0 Å². The number of likely N-dealkylation sites (tertiary alicyclic amines) is 1. The van der Waals surface area contributed by atoms with E-state index in [4.69, 9.17) is 4.52 Å². The lowest BCUT2D eigenvalue weighted by atomic mass is 9.81. The van der Waals surface area contributed by atoms with Crippen molar-refractivity contribution in [2.24, 2.45) is 5.41 Å². The number of carbonyl (C=O) groups is 2. The molecule has 2 aliphatic rings. The Morgan fingerprint density at radius 2 is 1.94 bits per heavy atom. The molecule has 4 rings (SSSR count). The molecule has 1 aliphatic carbocycles. The van der Waals surface area contributed by atoms with E-state index in [9.17, 15) is 9.59 Å². The van der Waals surface area contributed by atoms with Crippen LogP contribution in [0.2, 0.25) is 0 Å². The molecule has 0 radical (unpaired) electrons. The van der Waals surface area contributed by atoms with Crippen LogP contribution in [0.1, 0.15) is 66.3 Å². The van der Waals surface area contributed by atoms with E-state index < -0.39 is 5.41 Å². The molecule has 2 fully saturated rings. The number of amides is 2. The summed E-state index contributed by atoms with van der Waals surface area (Å²) in [5.74, 6) is 1.36. The Kier molecular flexibility index (Phi) is 6.20. The van der Waals surface area contributed by atoms with Gasteiger partial charge in [0.25, 0.3) is 5.91 Å². The summed E-state index contributed by atoms with van der Waals surface area (Å²) in [5.41, 5.74) is 0.667. The van der Waals surface area contributed by atoms with Gasteiger partial charge >= 0.3 is 0 Å². The van der Waals surface area contributed by atoms with Crippen LogP contribution < -0.4 is 10.6 Å². The van der Waals surface area contributed by atoms with Gasteiger partial charge in [0.2, 0.25) is 11.9 Å². The first-order chi connectivity index (χ1) is 15.0. The van der Waals surface area contributed by atoms with E-state index in [1.54, 1.807) is 19.0 Å². The Bertz CT molecular complexity index is 922. The molecule has 166 valence electrons. The largest absolute Gasteiger partial charge is 0.361 e. The van der Waals surface area contributed by atoms with Gasteiger partial charge < -0.3 is 20.1 Å². The lowest BCUT2D eigenvalue weighted by Crippen LogP contribution is -2.44. The van der Waals surface area contributed by atoms with Crippen LogP contribution in [-0.2, 0) is 11.2 Å². The lowest BCUT2D eigenvalue weighted by Gasteiger charge is -2.26. The summed E-state index contributed by atoms with van der Waals surface area (Å²) in [5, 5.41) is 9.92. The van der Waals surface area contributed by atoms with Gasteiger partial charge in [-0.25, -0.2) is 9.97 Å². The van der Waals surface area contributed by atoms with Crippen LogP contribution in [0.25, 0.3) is 0 Å². The van der Waals surface area contributed by atoms with Crippen molar-refractivity contribution in [3.63, 3.8) is 0 Å². The molecule has 1 saturated heterocycles. The average molecular weight is 427 g/mol. The Hall–Kier alpha value is -2.97. The van der Waals surface area contributed by atoms with Crippen molar-refractivity contribution in [1.82, 2.24) is 25.3 Å².